The van der Waals surface area contributed by atoms with Crippen LogP contribution >= 0.6 is 0 Å². The van der Waals surface area contributed by atoms with Crippen LogP contribution in [0.3, 0.4) is 0 Å². The minimum absolute atomic E-state index is 0.0383. The molecule has 2 aromatic carbocycles. The quantitative estimate of drug-likeness (QED) is 0.351. The van der Waals surface area contributed by atoms with Gasteiger partial charge in [-0.25, -0.2) is 4.98 Å². The summed E-state index contributed by atoms with van der Waals surface area (Å²) in [6.45, 7) is 6.37. The molecule has 256 valence electrons. The summed E-state index contributed by atoms with van der Waals surface area (Å²) in [5, 5.41) is 10.0. The lowest BCUT2D eigenvalue weighted by atomic mass is 10.0. The average molecular weight is 670 g/mol. The smallest absolute Gasteiger partial charge is 0.280 e. The predicted octanol–water partition coefficient (Wildman–Crippen LogP) is 3.72. The first-order valence-corrected chi connectivity index (χ1v) is 17.5. The van der Waals surface area contributed by atoms with Gasteiger partial charge in [0, 0.05) is 51.6 Å². The number of ether oxygens (including phenoxy) is 2. The molecule has 0 unspecified atom stereocenters. The fourth-order valence-corrected chi connectivity index (χ4v) is 6.49. The number of amides is 2. The summed E-state index contributed by atoms with van der Waals surface area (Å²) in [5.74, 6) is -0.369. The number of fused-ring (bicyclic) bond motifs is 1. The van der Waals surface area contributed by atoms with Gasteiger partial charge >= 0.3 is 0 Å². The standard InChI is InChI=1S/C34H47N5O7S/c1-24-19-39(25(2)22-40)34(42)29-18-28(36-47(43,44)32-21-37(4)23-35-32)14-15-30(29)46-26(3)11-9-10-16-45-31(24)20-38(5)33(41)17-27-12-7-6-8-13-27/h6-8,12-15,18,21,23-26,31,36,40H,9-11,16-17,19-20,22H2,1-5H3/t24-,25-,26+,31-/m0/s1. The molecule has 2 N–H and O–H groups in total. The number of aliphatic hydroxyl groups is 1. The maximum Gasteiger partial charge on any atom is 0.280 e. The summed E-state index contributed by atoms with van der Waals surface area (Å²) in [7, 11) is -0.593. The van der Waals surface area contributed by atoms with E-state index >= 15 is 0 Å². The average Bonchev–Trinajstić information content (AvgIpc) is 3.50. The van der Waals surface area contributed by atoms with E-state index in [1.165, 1.54) is 23.2 Å². The first kappa shape index (κ1) is 35.9. The Morgan fingerprint density at radius 2 is 1.91 bits per heavy atom. The molecule has 0 spiro atoms. The van der Waals surface area contributed by atoms with Crippen LogP contribution in [0, 0.1) is 5.92 Å². The lowest BCUT2D eigenvalue weighted by molar-refractivity contribution is -0.131. The van der Waals surface area contributed by atoms with E-state index in [2.05, 4.69) is 9.71 Å². The molecule has 3 aromatic rings. The molecule has 12 nitrogen and oxygen atoms in total. The van der Waals surface area contributed by atoms with Crippen molar-refractivity contribution in [3.05, 3.63) is 72.2 Å². The number of aromatic nitrogens is 2. The van der Waals surface area contributed by atoms with Crippen molar-refractivity contribution >= 4 is 27.5 Å². The molecule has 47 heavy (non-hydrogen) atoms. The molecule has 0 bridgehead atoms. The van der Waals surface area contributed by atoms with E-state index in [0.29, 0.717) is 25.3 Å². The van der Waals surface area contributed by atoms with Crippen molar-refractivity contribution in [1.29, 1.82) is 0 Å². The monoisotopic (exact) mass is 669 g/mol. The highest BCUT2D eigenvalue weighted by atomic mass is 32.2. The number of benzene rings is 2. The number of rotatable bonds is 9. The van der Waals surface area contributed by atoms with Crippen LogP contribution in [0.25, 0.3) is 0 Å². The van der Waals surface area contributed by atoms with E-state index in [9.17, 15) is 23.1 Å². The van der Waals surface area contributed by atoms with Gasteiger partial charge in [-0.2, -0.15) is 8.42 Å². The Morgan fingerprint density at radius 3 is 2.60 bits per heavy atom. The maximum atomic E-state index is 14.3. The third kappa shape index (κ3) is 9.78. The van der Waals surface area contributed by atoms with Crippen molar-refractivity contribution in [2.45, 2.75) is 69.7 Å². The van der Waals surface area contributed by atoms with Crippen molar-refractivity contribution in [1.82, 2.24) is 19.4 Å². The van der Waals surface area contributed by atoms with E-state index in [0.717, 1.165) is 18.4 Å². The van der Waals surface area contributed by atoms with E-state index in [4.69, 9.17) is 9.47 Å². The van der Waals surface area contributed by atoms with Crippen LogP contribution in [0.2, 0.25) is 0 Å². The molecule has 4 rings (SSSR count). The van der Waals surface area contributed by atoms with Crippen LogP contribution in [0.1, 0.15) is 56.0 Å². The Kier molecular flexibility index (Phi) is 12.4. The second-order valence-corrected chi connectivity index (χ2v) is 14.1. The third-order valence-corrected chi connectivity index (χ3v) is 9.60. The largest absolute Gasteiger partial charge is 0.490 e. The fraction of sp³-hybridized carbons (Fsp3) is 0.500. The molecular formula is C34H47N5O7S. The number of nitrogens with one attached hydrogen (secondary N) is 1. The summed E-state index contributed by atoms with van der Waals surface area (Å²) < 4.78 is 42.7. The number of sulfonamides is 1. The van der Waals surface area contributed by atoms with Crippen LogP contribution in [0.15, 0.2) is 66.1 Å². The maximum absolute atomic E-state index is 14.3. The molecule has 1 aliphatic heterocycles. The SMILES string of the molecule is C[C@@H]1CCCCO[C@@H](CN(C)C(=O)Cc2ccccc2)[C@@H](C)CN([C@@H](C)CO)C(=O)c2cc(NS(=O)(=O)c3cn(C)cn3)ccc2O1. The van der Waals surface area contributed by atoms with Gasteiger partial charge in [0.25, 0.3) is 15.9 Å². The van der Waals surface area contributed by atoms with E-state index in [-0.39, 0.29) is 59.9 Å². The van der Waals surface area contributed by atoms with Crippen LogP contribution in [-0.2, 0) is 33.0 Å². The second-order valence-electron chi connectivity index (χ2n) is 12.4. The number of aliphatic hydroxyl groups excluding tert-OH is 1. The van der Waals surface area contributed by atoms with Gasteiger partial charge in [-0.05, 0) is 56.9 Å². The topological polar surface area (TPSA) is 143 Å². The molecule has 0 fully saturated rings. The highest BCUT2D eigenvalue weighted by Crippen LogP contribution is 2.29. The molecule has 13 heteroatoms. The van der Waals surface area contributed by atoms with Crippen molar-refractivity contribution in [3.8, 4) is 5.75 Å². The first-order chi connectivity index (χ1) is 22.4. The molecule has 2 amide bonds. The Labute approximate surface area is 277 Å². The van der Waals surface area contributed by atoms with Crippen molar-refractivity contribution in [2.24, 2.45) is 13.0 Å². The number of nitrogens with zero attached hydrogens (tertiary/aromatic N) is 4. The van der Waals surface area contributed by atoms with Crippen LogP contribution in [-0.4, -0.2) is 96.3 Å². The Hall–Kier alpha value is -3.94. The van der Waals surface area contributed by atoms with E-state index in [1.807, 2.05) is 44.2 Å². The molecule has 0 saturated carbocycles. The molecule has 2 heterocycles. The molecule has 1 aromatic heterocycles. The van der Waals surface area contributed by atoms with Crippen molar-refractivity contribution in [2.75, 3.05) is 38.1 Å². The number of carbonyl (C=O) groups excluding carboxylic acids is 2. The third-order valence-electron chi connectivity index (χ3n) is 8.34. The van der Waals surface area contributed by atoms with Gasteiger partial charge in [0.15, 0.2) is 5.03 Å². The van der Waals surface area contributed by atoms with Gasteiger partial charge in [0.1, 0.15) is 5.75 Å². The lowest BCUT2D eigenvalue weighted by Gasteiger charge is -2.36. The van der Waals surface area contributed by atoms with Crippen LogP contribution in [0.4, 0.5) is 5.69 Å². The van der Waals surface area contributed by atoms with E-state index < -0.39 is 22.0 Å². The molecule has 1 aliphatic rings. The highest BCUT2D eigenvalue weighted by Gasteiger charge is 2.31. The minimum Gasteiger partial charge on any atom is -0.490 e. The van der Waals surface area contributed by atoms with Gasteiger partial charge in [-0.1, -0.05) is 37.3 Å². The van der Waals surface area contributed by atoms with Crippen LogP contribution in [0.5, 0.6) is 5.75 Å². The predicted molar refractivity (Wildman–Crippen MR) is 179 cm³/mol. The number of anilines is 1. The summed E-state index contributed by atoms with van der Waals surface area (Å²) >= 11 is 0. The summed E-state index contributed by atoms with van der Waals surface area (Å²) in [6.07, 6.45) is 4.74. The molecule has 4 atom stereocenters. The molecular weight excluding hydrogens is 622 g/mol. The number of imidazole rings is 1. The zero-order valence-corrected chi connectivity index (χ0v) is 28.7. The summed E-state index contributed by atoms with van der Waals surface area (Å²) in [4.78, 5) is 34.6. The zero-order valence-electron chi connectivity index (χ0n) is 27.8. The number of hydrogen-bond acceptors (Lipinski definition) is 8. The highest BCUT2D eigenvalue weighted by molar-refractivity contribution is 7.92. The lowest BCUT2D eigenvalue weighted by Crippen LogP contribution is -2.48. The van der Waals surface area contributed by atoms with Crippen LogP contribution < -0.4 is 9.46 Å². The molecule has 0 saturated heterocycles. The minimum atomic E-state index is -4.02. The van der Waals surface area contributed by atoms with Gasteiger partial charge in [0.2, 0.25) is 5.91 Å². The normalized spacial score (nSPS) is 20.4. The van der Waals surface area contributed by atoms with Crippen molar-refractivity contribution < 1.29 is 32.6 Å². The number of carbonyl (C=O) groups is 2. The number of aryl methyl sites for hydroxylation is 1. The number of likely N-dealkylation sites (N-methyl/N-ethyl adjacent to an activating group) is 1. The van der Waals surface area contributed by atoms with Crippen molar-refractivity contribution in [3.63, 3.8) is 0 Å². The van der Waals surface area contributed by atoms with Gasteiger partial charge < -0.3 is 28.9 Å². The summed E-state index contributed by atoms with van der Waals surface area (Å²) in [6, 6.07) is 13.6. The Morgan fingerprint density at radius 1 is 1.17 bits per heavy atom. The second kappa shape index (κ2) is 16.2. The molecule has 0 radical (unpaired) electrons. The number of hydrogen-bond donors (Lipinski definition) is 2. The van der Waals surface area contributed by atoms with Gasteiger partial charge in [0.05, 0.1) is 43.2 Å². The molecule has 0 aliphatic carbocycles. The fourth-order valence-electron chi connectivity index (χ4n) is 5.46. The first-order valence-electron chi connectivity index (χ1n) is 16.0. The Bertz CT molecular complexity index is 1600. The van der Waals surface area contributed by atoms with E-state index in [1.54, 1.807) is 43.0 Å². The summed E-state index contributed by atoms with van der Waals surface area (Å²) in [5.41, 5.74) is 1.26. The van der Waals surface area contributed by atoms with Gasteiger partial charge in [-0.3, -0.25) is 14.3 Å². The Balaban J connectivity index is 1.62. The zero-order chi connectivity index (χ0) is 34.1. The van der Waals surface area contributed by atoms with Gasteiger partial charge in [-0.15, -0.1) is 0 Å².